The largest absolute Gasteiger partial charge is 0.508 e. The van der Waals surface area contributed by atoms with Gasteiger partial charge in [0.25, 0.3) is 0 Å². The lowest BCUT2D eigenvalue weighted by Gasteiger charge is -2.10. The molecule has 0 unspecified atom stereocenters. The first-order valence-electron chi connectivity index (χ1n) is 6.97. The van der Waals surface area contributed by atoms with Crippen molar-refractivity contribution in [3.05, 3.63) is 69.6 Å². The number of phenols is 1. The van der Waals surface area contributed by atoms with Crippen molar-refractivity contribution in [2.45, 2.75) is 13.3 Å². The molecule has 4 heteroatoms. The normalized spacial score (nSPS) is 10.8. The Morgan fingerprint density at radius 2 is 1.95 bits per heavy atom. The van der Waals surface area contributed by atoms with Crippen LogP contribution in [0.1, 0.15) is 16.7 Å². The zero-order valence-corrected chi connectivity index (χ0v) is 12.4. The molecular weight excluding hydrogens is 280 g/mol. The summed E-state index contributed by atoms with van der Waals surface area (Å²) < 4.78 is 10.7. The molecule has 0 spiro atoms. The molecule has 2 aromatic carbocycles. The first-order valence-corrected chi connectivity index (χ1v) is 6.97. The number of phenolic OH excluding ortho intramolecular Hbond substituents is 1. The first-order chi connectivity index (χ1) is 10.6. The summed E-state index contributed by atoms with van der Waals surface area (Å²) in [7, 11) is 1.61. The average Bonchev–Trinajstić information content (AvgIpc) is 2.51. The number of aryl methyl sites for hydroxylation is 1. The Kier molecular flexibility index (Phi) is 3.59. The quantitative estimate of drug-likeness (QED) is 0.752. The van der Waals surface area contributed by atoms with E-state index < -0.39 is 0 Å². The third-order valence-electron chi connectivity index (χ3n) is 3.83. The van der Waals surface area contributed by atoms with Crippen LogP contribution in [0, 0.1) is 6.92 Å². The van der Waals surface area contributed by atoms with Gasteiger partial charge in [-0.15, -0.1) is 0 Å². The van der Waals surface area contributed by atoms with Crippen LogP contribution in [0.4, 0.5) is 0 Å². The molecule has 0 bridgehead atoms. The van der Waals surface area contributed by atoms with Gasteiger partial charge in [0.05, 0.1) is 7.11 Å². The van der Waals surface area contributed by atoms with Crippen LogP contribution in [0.5, 0.6) is 11.5 Å². The highest BCUT2D eigenvalue weighted by molar-refractivity contribution is 5.82. The number of aromatic hydroxyl groups is 1. The molecule has 112 valence electrons. The highest BCUT2D eigenvalue weighted by Crippen LogP contribution is 2.26. The van der Waals surface area contributed by atoms with E-state index in [0.717, 1.165) is 22.3 Å². The molecule has 0 aliphatic carbocycles. The summed E-state index contributed by atoms with van der Waals surface area (Å²) in [6.45, 7) is 1.89. The van der Waals surface area contributed by atoms with Crippen LogP contribution in [0.25, 0.3) is 11.0 Å². The van der Waals surface area contributed by atoms with Crippen molar-refractivity contribution >= 4 is 11.0 Å². The number of rotatable bonds is 3. The van der Waals surface area contributed by atoms with Gasteiger partial charge >= 0.3 is 5.63 Å². The third kappa shape index (κ3) is 2.44. The zero-order valence-electron chi connectivity index (χ0n) is 12.4. The van der Waals surface area contributed by atoms with E-state index in [1.54, 1.807) is 19.2 Å². The highest BCUT2D eigenvalue weighted by Gasteiger charge is 2.14. The molecule has 0 amide bonds. The molecule has 0 saturated carbocycles. The van der Waals surface area contributed by atoms with Gasteiger partial charge in [-0.3, -0.25) is 0 Å². The number of para-hydroxylation sites is 1. The summed E-state index contributed by atoms with van der Waals surface area (Å²) in [5.74, 6) is 0.819. The average molecular weight is 296 g/mol. The molecule has 4 nitrogen and oxygen atoms in total. The van der Waals surface area contributed by atoms with Crippen molar-refractivity contribution in [3.8, 4) is 11.5 Å². The van der Waals surface area contributed by atoms with E-state index in [9.17, 15) is 9.90 Å². The van der Waals surface area contributed by atoms with Crippen LogP contribution in [0.2, 0.25) is 0 Å². The number of ether oxygens (including phenoxy) is 1. The second-order valence-corrected chi connectivity index (χ2v) is 5.16. The van der Waals surface area contributed by atoms with Crippen LogP contribution < -0.4 is 10.4 Å². The predicted octanol–water partition coefficient (Wildman–Crippen LogP) is 3.41. The lowest BCUT2D eigenvalue weighted by Crippen LogP contribution is -2.11. The SMILES string of the molecule is COc1ccccc1Cc1c(C)c2ccc(O)cc2oc1=O. The number of hydrogen-bond donors (Lipinski definition) is 1. The minimum absolute atomic E-state index is 0.0764. The minimum atomic E-state index is -0.387. The minimum Gasteiger partial charge on any atom is -0.508 e. The van der Waals surface area contributed by atoms with E-state index in [-0.39, 0.29) is 11.4 Å². The van der Waals surface area contributed by atoms with Crippen molar-refractivity contribution in [2.75, 3.05) is 7.11 Å². The number of benzene rings is 2. The van der Waals surface area contributed by atoms with Gasteiger partial charge in [-0.1, -0.05) is 18.2 Å². The van der Waals surface area contributed by atoms with Crippen molar-refractivity contribution in [3.63, 3.8) is 0 Å². The molecule has 0 fully saturated rings. The van der Waals surface area contributed by atoms with E-state index in [4.69, 9.17) is 9.15 Å². The van der Waals surface area contributed by atoms with Gasteiger partial charge in [-0.2, -0.15) is 0 Å². The molecule has 0 saturated heterocycles. The highest BCUT2D eigenvalue weighted by atomic mass is 16.5. The Bertz CT molecular complexity index is 893. The van der Waals surface area contributed by atoms with Crippen LogP contribution in [0.3, 0.4) is 0 Å². The fourth-order valence-corrected chi connectivity index (χ4v) is 2.63. The lowest BCUT2D eigenvalue weighted by molar-refractivity contribution is 0.410. The van der Waals surface area contributed by atoms with Gasteiger partial charge in [-0.25, -0.2) is 4.79 Å². The van der Waals surface area contributed by atoms with Crippen molar-refractivity contribution < 1.29 is 14.3 Å². The molecule has 3 aromatic rings. The summed E-state index contributed by atoms with van der Waals surface area (Å²) in [6.07, 6.45) is 0.439. The Labute approximate surface area is 127 Å². The predicted molar refractivity (Wildman–Crippen MR) is 84.7 cm³/mol. The topological polar surface area (TPSA) is 59.7 Å². The summed E-state index contributed by atoms with van der Waals surface area (Å²) >= 11 is 0. The molecule has 1 N–H and O–H groups in total. The molecular formula is C18H16O4. The molecule has 0 aliphatic rings. The fraction of sp³-hybridized carbons (Fsp3) is 0.167. The van der Waals surface area contributed by atoms with E-state index in [2.05, 4.69) is 0 Å². The smallest absolute Gasteiger partial charge is 0.340 e. The second-order valence-electron chi connectivity index (χ2n) is 5.16. The zero-order chi connectivity index (χ0) is 15.7. The molecule has 1 heterocycles. The Balaban J connectivity index is 2.15. The standard InChI is InChI=1S/C18H16O4/c1-11-14-8-7-13(19)10-17(14)22-18(20)15(11)9-12-5-3-4-6-16(12)21-2/h3-8,10,19H,9H2,1-2H3. The monoisotopic (exact) mass is 296 g/mol. The summed E-state index contributed by atoms with van der Waals surface area (Å²) in [5.41, 5.74) is 2.39. The summed E-state index contributed by atoms with van der Waals surface area (Å²) in [5, 5.41) is 10.3. The Morgan fingerprint density at radius 3 is 2.73 bits per heavy atom. The number of methoxy groups -OCH3 is 1. The molecule has 0 atom stereocenters. The molecule has 0 radical (unpaired) electrons. The third-order valence-corrected chi connectivity index (χ3v) is 3.83. The van der Waals surface area contributed by atoms with E-state index in [0.29, 0.717) is 17.6 Å². The molecule has 1 aromatic heterocycles. The van der Waals surface area contributed by atoms with Crippen molar-refractivity contribution in [1.29, 1.82) is 0 Å². The van der Waals surface area contributed by atoms with E-state index in [1.807, 2.05) is 31.2 Å². The Hall–Kier alpha value is -2.75. The van der Waals surface area contributed by atoms with E-state index in [1.165, 1.54) is 6.07 Å². The van der Waals surface area contributed by atoms with E-state index >= 15 is 0 Å². The van der Waals surface area contributed by atoms with Crippen molar-refractivity contribution in [2.24, 2.45) is 0 Å². The number of fused-ring (bicyclic) bond motifs is 1. The van der Waals surface area contributed by atoms with Gasteiger partial charge < -0.3 is 14.3 Å². The van der Waals surface area contributed by atoms with Crippen molar-refractivity contribution in [1.82, 2.24) is 0 Å². The van der Waals surface area contributed by atoms with Gasteiger partial charge in [-0.05, 0) is 36.2 Å². The number of hydrogen-bond acceptors (Lipinski definition) is 4. The fourth-order valence-electron chi connectivity index (χ4n) is 2.63. The van der Waals surface area contributed by atoms with Gasteiger partial charge in [0, 0.05) is 23.4 Å². The van der Waals surface area contributed by atoms with Gasteiger partial charge in [0.15, 0.2) is 0 Å². The van der Waals surface area contributed by atoms with Crippen LogP contribution >= 0.6 is 0 Å². The van der Waals surface area contributed by atoms with Crippen LogP contribution in [0.15, 0.2) is 51.7 Å². The molecule has 3 rings (SSSR count). The van der Waals surface area contributed by atoms with Gasteiger partial charge in [0.2, 0.25) is 0 Å². The summed E-state index contributed by atoms with van der Waals surface area (Å²) in [6, 6.07) is 12.4. The van der Waals surface area contributed by atoms with Crippen LogP contribution in [-0.2, 0) is 6.42 Å². The first kappa shape index (κ1) is 14.2. The maximum Gasteiger partial charge on any atom is 0.340 e. The lowest BCUT2D eigenvalue weighted by atomic mass is 9.99. The van der Waals surface area contributed by atoms with Crippen LogP contribution in [-0.4, -0.2) is 12.2 Å². The maximum atomic E-state index is 12.3. The summed E-state index contributed by atoms with van der Waals surface area (Å²) in [4.78, 5) is 12.3. The van der Waals surface area contributed by atoms with Gasteiger partial charge in [0.1, 0.15) is 17.1 Å². The maximum absolute atomic E-state index is 12.3. The second kappa shape index (κ2) is 5.56. The Morgan fingerprint density at radius 1 is 1.18 bits per heavy atom. The molecule has 22 heavy (non-hydrogen) atoms. The molecule has 0 aliphatic heterocycles.